The van der Waals surface area contributed by atoms with Crippen LogP contribution in [0, 0.1) is 5.92 Å². The van der Waals surface area contributed by atoms with Crippen molar-refractivity contribution in [3.63, 3.8) is 0 Å². The van der Waals surface area contributed by atoms with Gasteiger partial charge >= 0.3 is 7.12 Å². The average molecular weight is 340 g/mol. The zero-order valence-electron chi connectivity index (χ0n) is 15.1. The summed E-state index contributed by atoms with van der Waals surface area (Å²) in [5, 5.41) is 9.59. The van der Waals surface area contributed by atoms with Gasteiger partial charge in [0, 0.05) is 12.5 Å². The number of hydrogen-bond acceptors (Lipinski definition) is 4. The Morgan fingerprint density at radius 3 is 2.64 bits per heavy atom. The Labute approximate surface area is 149 Å². The Morgan fingerprint density at radius 1 is 1.16 bits per heavy atom. The Morgan fingerprint density at radius 2 is 1.96 bits per heavy atom. The Hall–Kier alpha value is -1.98. The first-order valence-corrected chi connectivity index (χ1v) is 8.77. The van der Waals surface area contributed by atoms with Gasteiger partial charge in [-0.2, -0.15) is 0 Å². The lowest BCUT2D eigenvalue weighted by atomic mass is 9.79. The second-order valence-corrected chi connectivity index (χ2v) is 6.92. The normalized spacial score (nSPS) is 17.2. The summed E-state index contributed by atoms with van der Waals surface area (Å²) < 4.78 is 16.6. The van der Waals surface area contributed by atoms with Crippen LogP contribution in [0.3, 0.4) is 0 Å². The third kappa shape index (κ3) is 4.36. The highest BCUT2D eigenvalue weighted by molar-refractivity contribution is 6.43. The third-order valence-corrected chi connectivity index (χ3v) is 4.40. The molecule has 2 aromatic carbocycles. The van der Waals surface area contributed by atoms with Gasteiger partial charge in [0.1, 0.15) is 0 Å². The van der Waals surface area contributed by atoms with E-state index in [2.05, 4.69) is 32.0 Å². The predicted octanol–water partition coefficient (Wildman–Crippen LogP) is 3.99. The maximum Gasteiger partial charge on any atom is 0.454 e. The summed E-state index contributed by atoms with van der Waals surface area (Å²) >= 11 is 0. The summed E-state index contributed by atoms with van der Waals surface area (Å²) in [6, 6.07) is 14.4. The Kier molecular flexibility index (Phi) is 5.66. The summed E-state index contributed by atoms with van der Waals surface area (Å²) in [6.07, 6.45) is 0.648. The van der Waals surface area contributed by atoms with E-state index in [1.54, 1.807) is 7.11 Å². The van der Waals surface area contributed by atoms with Gasteiger partial charge in [-0.05, 0) is 41.1 Å². The van der Waals surface area contributed by atoms with Gasteiger partial charge in [0.2, 0.25) is 0 Å². The second-order valence-electron chi connectivity index (χ2n) is 6.92. The standard InChI is InChI=1S/C20H25BO4/c1-14(2)12-24-20-10-17(7-8-19(20)23-3)15-5-4-6-16(9-15)18-11-21(22)25-13-18/h4-10,14,18,22H,11-13H2,1-3H3/t18-/m0/s1. The monoisotopic (exact) mass is 340 g/mol. The Balaban J connectivity index is 1.87. The average Bonchev–Trinajstić information content (AvgIpc) is 3.06. The van der Waals surface area contributed by atoms with Crippen molar-refractivity contribution in [2.75, 3.05) is 20.3 Å². The first-order valence-electron chi connectivity index (χ1n) is 8.77. The summed E-state index contributed by atoms with van der Waals surface area (Å²) in [5.41, 5.74) is 3.39. The second kappa shape index (κ2) is 7.94. The highest BCUT2D eigenvalue weighted by Crippen LogP contribution is 2.35. The van der Waals surface area contributed by atoms with Crippen LogP contribution < -0.4 is 9.47 Å². The minimum absolute atomic E-state index is 0.241. The van der Waals surface area contributed by atoms with E-state index in [1.165, 1.54) is 5.56 Å². The van der Waals surface area contributed by atoms with Crippen LogP contribution in [0.4, 0.5) is 0 Å². The lowest BCUT2D eigenvalue weighted by Crippen LogP contribution is -2.07. The topological polar surface area (TPSA) is 47.9 Å². The molecule has 2 aromatic rings. The molecule has 4 nitrogen and oxygen atoms in total. The molecule has 0 spiro atoms. The van der Waals surface area contributed by atoms with E-state index >= 15 is 0 Å². The molecule has 0 bridgehead atoms. The molecule has 0 radical (unpaired) electrons. The lowest BCUT2D eigenvalue weighted by molar-refractivity contribution is 0.257. The van der Waals surface area contributed by atoms with Crippen molar-refractivity contribution in [1.82, 2.24) is 0 Å². The van der Waals surface area contributed by atoms with Gasteiger partial charge in [-0.15, -0.1) is 0 Å². The smallest absolute Gasteiger partial charge is 0.454 e. The van der Waals surface area contributed by atoms with Gasteiger partial charge < -0.3 is 19.2 Å². The SMILES string of the molecule is COc1ccc(-c2cccc([C@@H]3COB(O)C3)c2)cc1OCC(C)C. The molecule has 0 aliphatic carbocycles. The maximum atomic E-state index is 9.59. The summed E-state index contributed by atoms with van der Waals surface area (Å²) in [6.45, 7) is 5.46. The van der Waals surface area contributed by atoms with E-state index in [4.69, 9.17) is 14.1 Å². The molecule has 1 N–H and O–H groups in total. The van der Waals surface area contributed by atoms with Crippen LogP contribution in [-0.4, -0.2) is 32.5 Å². The molecule has 1 aliphatic heterocycles. The van der Waals surface area contributed by atoms with Crippen LogP contribution in [-0.2, 0) is 4.65 Å². The molecule has 1 fully saturated rings. The van der Waals surface area contributed by atoms with Crippen molar-refractivity contribution < 1.29 is 19.2 Å². The van der Waals surface area contributed by atoms with E-state index in [0.717, 1.165) is 22.6 Å². The summed E-state index contributed by atoms with van der Waals surface area (Å²) in [7, 11) is 1.01. The molecule has 0 amide bonds. The fourth-order valence-corrected chi connectivity index (χ4v) is 3.04. The minimum Gasteiger partial charge on any atom is -0.493 e. The minimum atomic E-state index is -0.648. The molecule has 0 saturated carbocycles. The highest BCUT2D eigenvalue weighted by atomic mass is 16.5. The predicted molar refractivity (Wildman–Crippen MR) is 100 cm³/mol. The molecule has 1 saturated heterocycles. The van der Waals surface area contributed by atoms with E-state index in [0.29, 0.717) is 25.5 Å². The van der Waals surface area contributed by atoms with Gasteiger partial charge in [0.25, 0.3) is 0 Å². The molecule has 0 unspecified atom stereocenters. The number of benzene rings is 2. The van der Waals surface area contributed by atoms with Crippen LogP contribution in [0.15, 0.2) is 42.5 Å². The van der Waals surface area contributed by atoms with Crippen molar-refractivity contribution in [1.29, 1.82) is 0 Å². The van der Waals surface area contributed by atoms with E-state index < -0.39 is 7.12 Å². The molecule has 3 rings (SSSR count). The molecule has 1 atom stereocenters. The van der Waals surface area contributed by atoms with Gasteiger partial charge in [0.15, 0.2) is 11.5 Å². The Bertz CT molecular complexity index is 717. The molecule has 1 aliphatic rings. The zero-order valence-corrected chi connectivity index (χ0v) is 15.1. The highest BCUT2D eigenvalue weighted by Gasteiger charge is 2.29. The summed E-state index contributed by atoms with van der Waals surface area (Å²) in [4.78, 5) is 0. The van der Waals surface area contributed by atoms with Gasteiger partial charge in [-0.1, -0.05) is 44.2 Å². The molecule has 5 heteroatoms. The summed E-state index contributed by atoms with van der Waals surface area (Å²) in [5.74, 6) is 2.20. The van der Waals surface area contributed by atoms with Crippen LogP contribution >= 0.6 is 0 Å². The number of rotatable bonds is 6. The van der Waals surface area contributed by atoms with E-state index in [-0.39, 0.29) is 5.92 Å². The van der Waals surface area contributed by atoms with Crippen LogP contribution in [0.2, 0.25) is 6.32 Å². The van der Waals surface area contributed by atoms with Crippen LogP contribution in [0.25, 0.3) is 11.1 Å². The largest absolute Gasteiger partial charge is 0.493 e. The van der Waals surface area contributed by atoms with Gasteiger partial charge in [-0.3, -0.25) is 0 Å². The number of methoxy groups -OCH3 is 1. The van der Waals surface area contributed by atoms with Crippen molar-refractivity contribution in [3.8, 4) is 22.6 Å². The van der Waals surface area contributed by atoms with Crippen LogP contribution in [0.1, 0.15) is 25.3 Å². The quantitative estimate of drug-likeness (QED) is 0.808. The van der Waals surface area contributed by atoms with E-state index in [1.807, 2.05) is 24.3 Å². The first-order chi connectivity index (χ1) is 12.1. The number of ether oxygens (including phenoxy) is 2. The molecular formula is C20H25BO4. The molecule has 1 heterocycles. The van der Waals surface area contributed by atoms with Gasteiger partial charge in [-0.25, -0.2) is 0 Å². The van der Waals surface area contributed by atoms with Crippen molar-refractivity contribution in [2.24, 2.45) is 5.92 Å². The number of hydrogen-bond donors (Lipinski definition) is 1. The zero-order chi connectivity index (χ0) is 17.8. The molecule has 25 heavy (non-hydrogen) atoms. The van der Waals surface area contributed by atoms with E-state index in [9.17, 15) is 5.02 Å². The van der Waals surface area contributed by atoms with Crippen molar-refractivity contribution in [2.45, 2.75) is 26.1 Å². The molecular weight excluding hydrogens is 315 g/mol. The molecule has 132 valence electrons. The fourth-order valence-electron chi connectivity index (χ4n) is 3.04. The third-order valence-electron chi connectivity index (χ3n) is 4.40. The first kappa shape index (κ1) is 17.8. The van der Waals surface area contributed by atoms with Gasteiger partial charge in [0.05, 0.1) is 13.7 Å². The van der Waals surface area contributed by atoms with Crippen molar-refractivity contribution >= 4 is 7.12 Å². The lowest BCUT2D eigenvalue weighted by Gasteiger charge is -2.15. The van der Waals surface area contributed by atoms with Crippen molar-refractivity contribution in [3.05, 3.63) is 48.0 Å². The fraction of sp³-hybridized carbons (Fsp3) is 0.400. The van der Waals surface area contributed by atoms with Crippen LogP contribution in [0.5, 0.6) is 11.5 Å². The molecule has 0 aromatic heterocycles. The maximum absolute atomic E-state index is 9.59.